The van der Waals surface area contributed by atoms with Crippen LogP contribution in [0, 0.1) is 28.6 Å². The van der Waals surface area contributed by atoms with Crippen molar-refractivity contribution in [3.05, 3.63) is 23.8 Å². The van der Waals surface area contributed by atoms with Crippen LogP contribution in [0.5, 0.6) is 0 Å². The first-order chi connectivity index (χ1) is 11.6. The van der Waals surface area contributed by atoms with Gasteiger partial charge in [-0.05, 0) is 80.3 Å². The van der Waals surface area contributed by atoms with Gasteiger partial charge in [0, 0.05) is 11.8 Å². The van der Waals surface area contributed by atoms with Gasteiger partial charge in [-0.2, -0.15) is 0 Å². The van der Waals surface area contributed by atoms with Crippen molar-refractivity contribution in [1.82, 2.24) is 0 Å². The molecule has 0 aromatic carbocycles. The maximum absolute atomic E-state index is 11.9. The van der Waals surface area contributed by atoms with Crippen molar-refractivity contribution < 1.29 is 15.0 Å². The number of ketones is 1. The topological polar surface area (TPSA) is 57.5 Å². The average molecular weight is 344 g/mol. The Bertz CT molecular complexity index is 664. The summed E-state index contributed by atoms with van der Waals surface area (Å²) in [6, 6.07) is 0. The lowest BCUT2D eigenvalue weighted by Gasteiger charge is -2.60. The van der Waals surface area contributed by atoms with Crippen molar-refractivity contribution in [3.63, 3.8) is 0 Å². The quantitative estimate of drug-likeness (QED) is 0.712. The number of rotatable bonds is 1. The third-order valence-electron chi connectivity index (χ3n) is 8.75. The highest BCUT2D eigenvalue weighted by Crippen LogP contribution is 2.68. The molecule has 25 heavy (non-hydrogen) atoms. The minimum Gasteiger partial charge on any atom is -0.393 e. The Morgan fingerprint density at radius 2 is 1.96 bits per heavy atom. The number of carbonyl (C=O) groups excluding carboxylic acids is 1. The zero-order chi connectivity index (χ0) is 18.2. The molecule has 0 saturated heterocycles. The number of aliphatic hydroxyl groups excluding tert-OH is 1. The fourth-order valence-electron chi connectivity index (χ4n) is 7.39. The zero-order valence-electron chi connectivity index (χ0n) is 15.8. The Labute approximate surface area is 151 Å². The Balaban J connectivity index is 1.75. The van der Waals surface area contributed by atoms with E-state index in [1.807, 2.05) is 13.0 Å². The first-order valence-electron chi connectivity index (χ1n) is 9.94. The van der Waals surface area contributed by atoms with Crippen LogP contribution in [0.1, 0.15) is 65.7 Å². The van der Waals surface area contributed by atoms with Crippen LogP contribution in [-0.4, -0.2) is 27.7 Å². The minimum atomic E-state index is -0.858. The lowest BCUT2D eigenvalue weighted by Crippen LogP contribution is -2.60. The summed E-state index contributed by atoms with van der Waals surface area (Å²) in [7, 11) is 0. The van der Waals surface area contributed by atoms with Crippen molar-refractivity contribution in [3.8, 4) is 0 Å². The first-order valence-corrected chi connectivity index (χ1v) is 9.94. The van der Waals surface area contributed by atoms with Gasteiger partial charge < -0.3 is 10.2 Å². The van der Waals surface area contributed by atoms with Gasteiger partial charge in [-0.15, -0.1) is 0 Å². The van der Waals surface area contributed by atoms with Crippen molar-refractivity contribution in [2.24, 2.45) is 28.6 Å². The van der Waals surface area contributed by atoms with E-state index in [9.17, 15) is 15.0 Å². The smallest absolute Gasteiger partial charge is 0.155 e. The number of allylic oxidation sites excluding steroid dienone is 1. The van der Waals surface area contributed by atoms with Gasteiger partial charge in [0.15, 0.2) is 5.78 Å². The molecule has 3 nitrogen and oxygen atoms in total. The molecule has 4 aliphatic rings. The molecule has 0 radical (unpaired) electrons. The summed E-state index contributed by atoms with van der Waals surface area (Å²) in [4.78, 5) is 11.9. The summed E-state index contributed by atoms with van der Waals surface area (Å²) >= 11 is 0. The molecule has 0 aromatic rings. The van der Waals surface area contributed by atoms with E-state index in [0.717, 1.165) is 37.7 Å². The van der Waals surface area contributed by atoms with Gasteiger partial charge >= 0.3 is 0 Å². The molecule has 3 fully saturated rings. The van der Waals surface area contributed by atoms with E-state index in [0.29, 0.717) is 24.7 Å². The predicted molar refractivity (Wildman–Crippen MR) is 97.9 cm³/mol. The number of carbonyl (C=O) groups is 1. The highest BCUT2D eigenvalue weighted by molar-refractivity contribution is 5.91. The fourth-order valence-corrected chi connectivity index (χ4v) is 7.39. The molecule has 0 heterocycles. The van der Waals surface area contributed by atoms with E-state index in [-0.39, 0.29) is 22.5 Å². The summed E-state index contributed by atoms with van der Waals surface area (Å²) in [6.07, 6.45) is 7.34. The first kappa shape index (κ1) is 17.5. The number of hydrogen-bond donors (Lipinski definition) is 2. The van der Waals surface area contributed by atoms with Gasteiger partial charge in [-0.3, -0.25) is 4.79 Å². The van der Waals surface area contributed by atoms with Crippen molar-refractivity contribution >= 4 is 5.78 Å². The van der Waals surface area contributed by atoms with Gasteiger partial charge in [0.2, 0.25) is 0 Å². The minimum absolute atomic E-state index is 0.0541. The maximum atomic E-state index is 11.9. The SMILES string of the molecule is C=C(C)C1(O)CCC2C3CCC4=CC(=O)CCC4(C)C3C(O)CC21C. The second-order valence-corrected chi connectivity index (χ2v) is 9.76. The Kier molecular flexibility index (Phi) is 3.70. The second-order valence-electron chi connectivity index (χ2n) is 9.76. The number of hydrogen-bond acceptors (Lipinski definition) is 3. The summed E-state index contributed by atoms with van der Waals surface area (Å²) in [5.41, 5.74) is 0.904. The molecule has 138 valence electrons. The molecule has 4 aliphatic carbocycles. The summed E-state index contributed by atoms with van der Waals surface area (Å²) < 4.78 is 0. The molecular formula is C22H32O3. The van der Waals surface area contributed by atoms with E-state index < -0.39 is 11.7 Å². The van der Waals surface area contributed by atoms with Crippen LogP contribution in [0.15, 0.2) is 23.8 Å². The summed E-state index contributed by atoms with van der Waals surface area (Å²) in [5.74, 6) is 1.32. The highest BCUT2D eigenvalue weighted by atomic mass is 16.3. The van der Waals surface area contributed by atoms with Gasteiger partial charge in [0.25, 0.3) is 0 Å². The monoisotopic (exact) mass is 344 g/mol. The molecule has 7 atom stereocenters. The average Bonchev–Trinajstić information content (AvgIpc) is 2.80. The Morgan fingerprint density at radius 3 is 2.64 bits per heavy atom. The van der Waals surface area contributed by atoms with Gasteiger partial charge in [-0.1, -0.05) is 26.0 Å². The number of fused-ring (bicyclic) bond motifs is 5. The van der Waals surface area contributed by atoms with Crippen LogP contribution in [0.3, 0.4) is 0 Å². The largest absolute Gasteiger partial charge is 0.393 e. The molecule has 0 amide bonds. The predicted octanol–water partition coefficient (Wildman–Crippen LogP) is 3.80. The highest BCUT2D eigenvalue weighted by Gasteiger charge is 2.66. The third-order valence-corrected chi connectivity index (χ3v) is 8.75. The Morgan fingerprint density at radius 1 is 1.24 bits per heavy atom. The molecule has 0 aromatic heterocycles. The molecule has 0 spiro atoms. The zero-order valence-corrected chi connectivity index (χ0v) is 15.8. The standard InChI is InChI=1S/C22H32O3/c1-13(2)22(25)10-8-17-16-6-5-14-11-15(23)7-9-20(14,3)19(16)18(24)12-21(17,22)4/h11,16-19,24-25H,1,5-10,12H2,2-4H3. The normalized spacial score (nSPS) is 52.0. The lowest BCUT2D eigenvalue weighted by molar-refractivity contribution is -0.160. The van der Waals surface area contributed by atoms with Crippen molar-refractivity contribution in [2.75, 3.05) is 0 Å². The summed E-state index contributed by atoms with van der Waals surface area (Å²) in [5, 5.41) is 22.6. The van der Waals surface area contributed by atoms with Crippen LogP contribution in [0.2, 0.25) is 0 Å². The second kappa shape index (κ2) is 5.29. The maximum Gasteiger partial charge on any atom is 0.155 e. The van der Waals surface area contributed by atoms with Gasteiger partial charge in [-0.25, -0.2) is 0 Å². The van der Waals surface area contributed by atoms with Crippen LogP contribution >= 0.6 is 0 Å². The molecule has 4 rings (SSSR count). The molecule has 3 saturated carbocycles. The van der Waals surface area contributed by atoms with E-state index in [2.05, 4.69) is 20.4 Å². The molecule has 2 N–H and O–H groups in total. The molecule has 7 unspecified atom stereocenters. The fraction of sp³-hybridized carbons (Fsp3) is 0.773. The molecular weight excluding hydrogens is 312 g/mol. The van der Waals surface area contributed by atoms with E-state index in [1.54, 1.807) is 0 Å². The van der Waals surface area contributed by atoms with Crippen LogP contribution < -0.4 is 0 Å². The van der Waals surface area contributed by atoms with E-state index in [1.165, 1.54) is 5.57 Å². The van der Waals surface area contributed by atoms with Gasteiger partial charge in [0.1, 0.15) is 0 Å². The number of aliphatic hydroxyl groups is 2. The van der Waals surface area contributed by atoms with E-state index >= 15 is 0 Å². The molecule has 0 aliphatic heterocycles. The van der Waals surface area contributed by atoms with Crippen LogP contribution in [0.4, 0.5) is 0 Å². The molecule has 3 heteroatoms. The van der Waals surface area contributed by atoms with Crippen molar-refractivity contribution in [1.29, 1.82) is 0 Å². The lowest BCUT2D eigenvalue weighted by atomic mass is 9.45. The third kappa shape index (κ3) is 2.09. The van der Waals surface area contributed by atoms with E-state index in [4.69, 9.17) is 0 Å². The van der Waals surface area contributed by atoms with Gasteiger partial charge in [0.05, 0.1) is 11.7 Å². The summed E-state index contributed by atoms with van der Waals surface area (Å²) in [6.45, 7) is 10.5. The van der Waals surface area contributed by atoms with Crippen LogP contribution in [0.25, 0.3) is 0 Å². The Hall–Kier alpha value is -0.930. The van der Waals surface area contributed by atoms with Crippen LogP contribution in [-0.2, 0) is 4.79 Å². The van der Waals surface area contributed by atoms with Crippen molar-refractivity contribution in [2.45, 2.75) is 77.4 Å². The molecule has 0 bridgehead atoms.